The summed E-state index contributed by atoms with van der Waals surface area (Å²) in [5, 5.41) is 13.7. The van der Waals surface area contributed by atoms with Gasteiger partial charge in [0.05, 0.1) is 10.7 Å². The lowest BCUT2D eigenvalue weighted by Crippen LogP contribution is -2.21. The summed E-state index contributed by atoms with van der Waals surface area (Å²) >= 11 is 6.98. The average Bonchev–Trinajstić information content (AvgIpc) is 2.79. The van der Waals surface area contributed by atoms with Crippen molar-refractivity contribution >= 4 is 40.5 Å². The van der Waals surface area contributed by atoms with Gasteiger partial charge in [-0.2, -0.15) is 0 Å². The summed E-state index contributed by atoms with van der Waals surface area (Å²) in [7, 11) is 0. The molecule has 0 radical (unpaired) electrons. The van der Waals surface area contributed by atoms with Crippen LogP contribution in [0.15, 0.2) is 29.6 Å². The fourth-order valence-electron chi connectivity index (χ4n) is 1.64. The molecule has 0 spiro atoms. The number of aromatic carboxylic acids is 1. The molecule has 1 amide bonds. The first kappa shape index (κ1) is 15.3. The predicted octanol–water partition coefficient (Wildman–Crippen LogP) is 3.43. The SMILES string of the molecule is Cc1csc(C(=O)O)c1NC(=O)COc1ccccc1Cl. The van der Waals surface area contributed by atoms with Gasteiger partial charge >= 0.3 is 5.97 Å². The molecular formula is C14H12ClNO4S. The van der Waals surface area contributed by atoms with Crippen molar-refractivity contribution in [3.8, 4) is 5.75 Å². The Balaban J connectivity index is 2.01. The Labute approximate surface area is 130 Å². The second-order valence-corrected chi connectivity index (χ2v) is 5.48. The number of thiophene rings is 1. The Hall–Kier alpha value is -2.05. The zero-order valence-corrected chi connectivity index (χ0v) is 12.6. The van der Waals surface area contributed by atoms with Gasteiger partial charge in [0.15, 0.2) is 6.61 Å². The lowest BCUT2D eigenvalue weighted by molar-refractivity contribution is -0.118. The number of carbonyl (C=O) groups excluding carboxylic acids is 1. The minimum absolute atomic E-state index is 0.0959. The molecule has 1 aromatic heterocycles. The predicted molar refractivity (Wildman–Crippen MR) is 81.6 cm³/mol. The molecule has 21 heavy (non-hydrogen) atoms. The van der Waals surface area contributed by atoms with Crippen molar-refractivity contribution in [2.24, 2.45) is 0 Å². The second kappa shape index (κ2) is 6.60. The second-order valence-electron chi connectivity index (χ2n) is 4.20. The van der Waals surface area contributed by atoms with Crippen molar-refractivity contribution in [2.75, 3.05) is 11.9 Å². The highest BCUT2D eigenvalue weighted by atomic mass is 35.5. The van der Waals surface area contributed by atoms with Crippen LogP contribution in [0.4, 0.5) is 5.69 Å². The number of amides is 1. The molecule has 0 aliphatic carbocycles. The van der Waals surface area contributed by atoms with Gasteiger partial charge in [-0.05, 0) is 30.0 Å². The van der Waals surface area contributed by atoms with Crippen LogP contribution in [0, 0.1) is 6.92 Å². The highest BCUT2D eigenvalue weighted by molar-refractivity contribution is 7.12. The molecule has 1 aromatic carbocycles. The Morgan fingerprint density at radius 2 is 2.10 bits per heavy atom. The lowest BCUT2D eigenvalue weighted by atomic mass is 10.2. The zero-order chi connectivity index (χ0) is 15.4. The Kier molecular flexibility index (Phi) is 4.82. The number of nitrogens with one attached hydrogen (secondary N) is 1. The number of aryl methyl sites for hydroxylation is 1. The van der Waals surface area contributed by atoms with Crippen LogP contribution in [0.1, 0.15) is 15.2 Å². The van der Waals surface area contributed by atoms with Gasteiger partial charge in [-0.15, -0.1) is 11.3 Å². The first-order valence-corrected chi connectivity index (χ1v) is 7.23. The maximum Gasteiger partial charge on any atom is 0.348 e. The number of benzene rings is 1. The monoisotopic (exact) mass is 325 g/mol. The van der Waals surface area contributed by atoms with Gasteiger partial charge in [0, 0.05) is 0 Å². The molecule has 2 rings (SSSR count). The lowest BCUT2D eigenvalue weighted by Gasteiger charge is -2.09. The van der Waals surface area contributed by atoms with Crippen molar-refractivity contribution < 1.29 is 19.4 Å². The Bertz CT molecular complexity index is 683. The number of carboxylic acid groups (broad SMARTS) is 1. The van der Waals surface area contributed by atoms with E-state index in [4.69, 9.17) is 21.4 Å². The van der Waals surface area contributed by atoms with E-state index in [2.05, 4.69) is 5.32 Å². The molecule has 0 saturated carbocycles. The van der Waals surface area contributed by atoms with E-state index in [1.54, 1.807) is 36.6 Å². The fourth-order valence-corrected chi connectivity index (χ4v) is 2.67. The molecule has 7 heteroatoms. The Morgan fingerprint density at radius 3 is 2.76 bits per heavy atom. The molecule has 1 heterocycles. The smallest absolute Gasteiger partial charge is 0.348 e. The molecule has 2 N–H and O–H groups in total. The van der Waals surface area contributed by atoms with Crippen molar-refractivity contribution in [3.63, 3.8) is 0 Å². The minimum atomic E-state index is -1.07. The van der Waals surface area contributed by atoms with Crippen molar-refractivity contribution in [1.82, 2.24) is 0 Å². The van der Waals surface area contributed by atoms with E-state index in [1.165, 1.54) is 0 Å². The number of halogens is 1. The number of rotatable bonds is 5. The molecular weight excluding hydrogens is 314 g/mol. The van der Waals surface area contributed by atoms with Crippen molar-refractivity contribution in [3.05, 3.63) is 45.1 Å². The fraction of sp³-hybridized carbons (Fsp3) is 0.143. The van der Waals surface area contributed by atoms with Crippen molar-refractivity contribution in [1.29, 1.82) is 0 Å². The van der Waals surface area contributed by atoms with E-state index >= 15 is 0 Å². The van der Waals surface area contributed by atoms with Gasteiger partial charge in [0.1, 0.15) is 10.6 Å². The first-order valence-electron chi connectivity index (χ1n) is 5.97. The zero-order valence-electron chi connectivity index (χ0n) is 11.1. The molecule has 110 valence electrons. The number of anilines is 1. The van der Waals surface area contributed by atoms with Crippen LogP contribution >= 0.6 is 22.9 Å². The van der Waals surface area contributed by atoms with Gasteiger partial charge in [0.25, 0.3) is 5.91 Å². The molecule has 0 bridgehead atoms. The Morgan fingerprint density at radius 1 is 1.38 bits per heavy atom. The van der Waals surface area contributed by atoms with Crippen LogP contribution in [0.3, 0.4) is 0 Å². The van der Waals surface area contributed by atoms with Crippen LogP contribution in [-0.2, 0) is 4.79 Å². The van der Waals surface area contributed by atoms with E-state index in [9.17, 15) is 9.59 Å². The molecule has 5 nitrogen and oxygen atoms in total. The molecule has 2 aromatic rings. The third-order valence-corrected chi connectivity index (χ3v) is 4.03. The van der Waals surface area contributed by atoms with E-state index in [0.29, 0.717) is 22.0 Å². The minimum Gasteiger partial charge on any atom is -0.482 e. The summed E-state index contributed by atoms with van der Waals surface area (Å²) in [6.07, 6.45) is 0. The largest absolute Gasteiger partial charge is 0.482 e. The highest BCUT2D eigenvalue weighted by Crippen LogP contribution is 2.28. The summed E-state index contributed by atoms with van der Waals surface area (Å²) < 4.78 is 5.30. The number of carbonyl (C=O) groups is 2. The van der Waals surface area contributed by atoms with Gasteiger partial charge in [-0.25, -0.2) is 4.79 Å². The maximum absolute atomic E-state index is 11.9. The van der Waals surface area contributed by atoms with Gasteiger partial charge in [-0.1, -0.05) is 23.7 Å². The maximum atomic E-state index is 11.9. The summed E-state index contributed by atoms with van der Waals surface area (Å²) in [4.78, 5) is 23.0. The third kappa shape index (κ3) is 3.74. The number of ether oxygens (including phenoxy) is 1. The molecule has 0 aliphatic rings. The number of hydrogen-bond donors (Lipinski definition) is 2. The standard InChI is InChI=1S/C14H12ClNO4S/c1-8-7-21-13(14(18)19)12(8)16-11(17)6-20-10-5-3-2-4-9(10)15/h2-5,7H,6H2,1H3,(H,16,17)(H,18,19). The molecule has 0 unspecified atom stereocenters. The van der Waals surface area contributed by atoms with Crippen LogP contribution in [0.5, 0.6) is 5.75 Å². The topological polar surface area (TPSA) is 75.6 Å². The van der Waals surface area contributed by atoms with E-state index in [0.717, 1.165) is 11.3 Å². The van der Waals surface area contributed by atoms with Crippen molar-refractivity contribution in [2.45, 2.75) is 6.92 Å². The summed E-state index contributed by atoms with van der Waals surface area (Å²) in [6.45, 7) is 1.48. The normalized spacial score (nSPS) is 10.2. The summed E-state index contributed by atoms with van der Waals surface area (Å²) in [5.41, 5.74) is 1.00. The average molecular weight is 326 g/mol. The molecule has 0 fully saturated rings. The van der Waals surface area contributed by atoms with E-state index in [1.807, 2.05) is 0 Å². The van der Waals surface area contributed by atoms with Crippen LogP contribution < -0.4 is 10.1 Å². The number of hydrogen-bond acceptors (Lipinski definition) is 4. The van der Waals surface area contributed by atoms with Crippen LogP contribution in [-0.4, -0.2) is 23.6 Å². The number of carboxylic acids is 1. The number of para-hydroxylation sites is 1. The quantitative estimate of drug-likeness (QED) is 0.883. The molecule has 0 aliphatic heterocycles. The van der Waals surface area contributed by atoms with Gasteiger partial charge < -0.3 is 15.2 Å². The van der Waals surface area contributed by atoms with Crippen LogP contribution in [0.25, 0.3) is 0 Å². The summed E-state index contributed by atoms with van der Waals surface area (Å²) in [5.74, 6) is -1.12. The summed E-state index contributed by atoms with van der Waals surface area (Å²) in [6, 6.07) is 6.79. The van der Waals surface area contributed by atoms with Crippen LogP contribution in [0.2, 0.25) is 5.02 Å². The van der Waals surface area contributed by atoms with Gasteiger partial charge in [0.2, 0.25) is 0 Å². The van der Waals surface area contributed by atoms with Gasteiger partial charge in [-0.3, -0.25) is 4.79 Å². The first-order chi connectivity index (χ1) is 9.99. The highest BCUT2D eigenvalue weighted by Gasteiger charge is 2.17. The molecule has 0 atom stereocenters. The van der Waals surface area contributed by atoms with E-state index in [-0.39, 0.29) is 11.5 Å². The van der Waals surface area contributed by atoms with E-state index < -0.39 is 11.9 Å². The third-order valence-electron chi connectivity index (χ3n) is 2.63. The molecule has 0 saturated heterocycles.